The molecule has 1 atom stereocenters. The lowest BCUT2D eigenvalue weighted by atomic mass is 10.2. The smallest absolute Gasteiger partial charge is 0.341 e. The summed E-state index contributed by atoms with van der Waals surface area (Å²) in [5.74, 6) is 1.74. The number of hydrogen-bond acceptors (Lipinski definition) is 5. The Kier molecular flexibility index (Phi) is 4.89. The molecule has 1 aromatic heterocycles. The average molecular weight is 243 g/mol. The molecule has 16 heavy (non-hydrogen) atoms. The van der Waals surface area contributed by atoms with Crippen LogP contribution in [0.4, 0.5) is 0 Å². The average Bonchev–Trinajstić information content (AvgIpc) is 2.66. The molecular weight excluding hydrogens is 226 g/mol. The van der Waals surface area contributed by atoms with Crippen molar-refractivity contribution in [3.05, 3.63) is 23.2 Å². The van der Waals surface area contributed by atoms with Crippen molar-refractivity contribution < 1.29 is 13.9 Å². The van der Waals surface area contributed by atoms with Crippen LogP contribution < -0.4 is 5.73 Å². The number of carbonyl (C=O) groups excluding carboxylic acids is 1. The Balaban J connectivity index is 2.66. The number of aryl methyl sites for hydroxylation is 1. The number of hydrogen-bond donors (Lipinski definition) is 1. The highest BCUT2D eigenvalue weighted by atomic mass is 32.2. The van der Waals surface area contributed by atoms with Crippen molar-refractivity contribution in [3.8, 4) is 0 Å². The number of furan rings is 1. The molecule has 0 fully saturated rings. The zero-order chi connectivity index (χ0) is 12.1. The molecule has 0 aromatic carbocycles. The van der Waals surface area contributed by atoms with Gasteiger partial charge in [0.1, 0.15) is 17.1 Å². The minimum atomic E-state index is -0.357. The van der Waals surface area contributed by atoms with Crippen molar-refractivity contribution in [2.45, 2.75) is 24.9 Å². The molecule has 0 spiro atoms. The molecule has 1 rings (SSSR count). The summed E-state index contributed by atoms with van der Waals surface area (Å²) in [6.07, 6.45) is 0. The van der Waals surface area contributed by atoms with Gasteiger partial charge in [0.05, 0.1) is 12.9 Å². The van der Waals surface area contributed by atoms with Crippen LogP contribution in [0.15, 0.2) is 10.5 Å². The SMILES string of the molecule is COC(=O)c1cc(CSC(C)CN)oc1C. The summed E-state index contributed by atoms with van der Waals surface area (Å²) in [6.45, 7) is 4.45. The van der Waals surface area contributed by atoms with Crippen molar-refractivity contribution >= 4 is 17.7 Å². The van der Waals surface area contributed by atoms with Gasteiger partial charge in [0.15, 0.2) is 0 Å². The van der Waals surface area contributed by atoms with Gasteiger partial charge in [-0.15, -0.1) is 11.8 Å². The first-order valence-electron chi connectivity index (χ1n) is 5.07. The van der Waals surface area contributed by atoms with E-state index in [9.17, 15) is 4.79 Å². The second kappa shape index (κ2) is 5.96. The summed E-state index contributed by atoms with van der Waals surface area (Å²) in [6, 6.07) is 1.73. The maximum Gasteiger partial charge on any atom is 0.341 e. The molecule has 0 aliphatic heterocycles. The predicted octanol–water partition coefficient (Wildman–Crippen LogP) is 1.96. The molecule has 5 heteroatoms. The van der Waals surface area contributed by atoms with Gasteiger partial charge < -0.3 is 14.9 Å². The second-order valence-electron chi connectivity index (χ2n) is 3.53. The van der Waals surface area contributed by atoms with E-state index in [0.717, 1.165) is 11.5 Å². The topological polar surface area (TPSA) is 65.5 Å². The molecule has 0 aliphatic carbocycles. The lowest BCUT2D eigenvalue weighted by molar-refractivity contribution is 0.0599. The van der Waals surface area contributed by atoms with Gasteiger partial charge >= 0.3 is 5.97 Å². The summed E-state index contributed by atoms with van der Waals surface area (Å²) in [4.78, 5) is 11.3. The van der Waals surface area contributed by atoms with E-state index in [4.69, 9.17) is 10.2 Å². The number of carbonyl (C=O) groups is 1. The highest BCUT2D eigenvalue weighted by Gasteiger charge is 2.15. The minimum Gasteiger partial charge on any atom is -0.465 e. The van der Waals surface area contributed by atoms with Crippen LogP contribution in [0.1, 0.15) is 28.8 Å². The van der Waals surface area contributed by atoms with Gasteiger partial charge in [-0.3, -0.25) is 0 Å². The summed E-state index contributed by atoms with van der Waals surface area (Å²) >= 11 is 1.70. The molecule has 0 saturated carbocycles. The Morgan fingerprint density at radius 1 is 1.69 bits per heavy atom. The van der Waals surface area contributed by atoms with Crippen molar-refractivity contribution in [1.29, 1.82) is 0 Å². The Labute approximate surface area is 99.5 Å². The number of ether oxygens (including phenoxy) is 1. The normalized spacial score (nSPS) is 12.5. The van der Waals surface area contributed by atoms with Crippen molar-refractivity contribution in [2.24, 2.45) is 5.73 Å². The maximum atomic E-state index is 11.3. The quantitative estimate of drug-likeness (QED) is 0.801. The standard InChI is InChI=1S/C11H17NO3S/c1-7(5-12)16-6-9-4-10(8(2)15-9)11(13)14-3/h4,7H,5-6,12H2,1-3H3. The monoisotopic (exact) mass is 243 g/mol. The zero-order valence-electron chi connectivity index (χ0n) is 9.78. The lowest BCUT2D eigenvalue weighted by Crippen LogP contribution is -2.12. The fraction of sp³-hybridized carbons (Fsp3) is 0.545. The van der Waals surface area contributed by atoms with Crippen LogP contribution in [0.3, 0.4) is 0 Å². The van der Waals surface area contributed by atoms with Gasteiger partial charge in [0.2, 0.25) is 0 Å². The van der Waals surface area contributed by atoms with Gasteiger partial charge in [-0.25, -0.2) is 4.79 Å². The Hall–Kier alpha value is -0.940. The van der Waals surface area contributed by atoms with Gasteiger partial charge in [-0.1, -0.05) is 6.92 Å². The minimum absolute atomic E-state index is 0.357. The Bertz CT molecular complexity index is 362. The molecule has 0 amide bonds. The Morgan fingerprint density at radius 3 is 2.94 bits per heavy atom. The molecule has 0 radical (unpaired) electrons. The van der Waals surface area contributed by atoms with E-state index in [-0.39, 0.29) is 5.97 Å². The predicted molar refractivity (Wildman–Crippen MR) is 64.6 cm³/mol. The number of methoxy groups -OCH3 is 1. The van der Waals surface area contributed by atoms with Crippen LogP contribution in [0.25, 0.3) is 0 Å². The van der Waals surface area contributed by atoms with Gasteiger partial charge in [0.25, 0.3) is 0 Å². The molecule has 90 valence electrons. The lowest BCUT2D eigenvalue weighted by Gasteiger charge is -2.05. The molecule has 1 heterocycles. The van der Waals surface area contributed by atoms with Crippen LogP contribution >= 0.6 is 11.8 Å². The zero-order valence-corrected chi connectivity index (χ0v) is 10.6. The number of esters is 1. The molecular formula is C11H17NO3S. The summed E-state index contributed by atoms with van der Waals surface area (Å²) in [7, 11) is 1.36. The van der Waals surface area contributed by atoms with Crippen molar-refractivity contribution in [2.75, 3.05) is 13.7 Å². The third-order valence-electron chi connectivity index (χ3n) is 2.22. The number of rotatable bonds is 5. The van der Waals surface area contributed by atoms with Crippen LogP contribution in [0.2, 0.25) is 0 Å². The van der Waals surface area contributed by atoms with Gasteiger partial charge in [-0.2, -0.15) is 0 Å². The van der Waals surface area contributed by atoms with Crippen molar-refractivity contribution in [3.63, 3.8) is 0 Å². The van der Waals surface area contributed by atoms with E-state index in [0.29, 0.717) is 23.1 Å². The first kappa shape index (κ1) is 13.1. The first-order chi connectivity index (χ1) is 7.58. The fourth-order valence-electron chi connectivity index (χ4n) is 1.22. The van der Waals surface area contributed by atoms with Crippen LogP contribution in [-0.2, 0) is 10.5 Å². The molecule has 0 aliphatic rings. The van der Waals surface area contributed by atoms with E-state index < -0.39 is 0 Å². The van der Waals surface area contributed by atoms with E-state index in [1.54, 1.807) is 24.8 Å². The molecule has 4 nitrogen and oxygen atoms in total. The van der Waals surface area contributed by atoms with Crippen LogP contribution in [0.5, 0.6) is 0 Å². The highest BCUT2D eigenvalue weighted by Crippen LogP contribution is 2.22. The summed E-state index contributed by atoms with van der Waals surface area (Å²) in [5.41, 5.74) is 6.01. The number of nitrogens with two attached hydrogens (primary N) is 1. The van der Waals surface area contributed by atoms with Gasteiger partial charge in [-0.05, 0) is 13.0 Å². The van der Waals surface area contributed by atoms with E-state index >= 15 is 0 Å². The molecule has 0 bridgehead atoms. The van der Waals surface area contributed by atoms with Crippen molar-refractivity contribution in [1.82, 2.24) is 0 Å². The highest BCUT2D eigenvalue weighted by molar-refractivity contribution is 7.99. The number of thioether (sulfide) groups is 1. The van der Waals surface area contributed by atoms with E-state index in [1.807, 2.05) is 0 Å². The molecule has 1 unspecified atom stereocenters. The fourth-order valence-corrected chi connectivity index (χ4v) is 1.95. The summed E-state index contributed by atoms with van der Waals surface area (Å²) < 4.78 is 10.1. The molecule has 1 aromatic rings. The third-order valence-corrected chi connectivity index (χ3v) is 3.43. The third kappa shape index (κ3) is 3.28. The second-order valence-corrected chi connectivity index (χ2v) is 4.96. The van der Waals surface area contributed by atoms with Crippen LogP contribution in [-0.4, -0.2) is 24.9 Å². The molecule has 2 N–H and O–H groups in total. The maximum absolute atomic E-state index is 11.3. The Morgan fingerprint density at radius 2 is 2.38 bits per heavy atom. The first-order valence-corrected chi connectivity index (χ1v) is 6.12. The van der Waals surface area contributed by atoms with E-state index in [2.05, 4.69) is 11.7 Å². The van der Waals surface area contributed by atoms with Gasteiger partial charge in [0, 0.05) is 11.8 Å². The summed E-state index contributed by atoms with van der Waals surface area (Å²) in [5, 5.41) is 0.381. The van der Waals surface area contributed by atoms with E-state index in [1.165, 1.54) is 7.11 Å². The van der Waals surface area contributed by atoms with Crippen LogP contribution in [0, 0.1) is 6.92 Å². The molecule has 0 saturated heterocycles. The largest absolute Gasteiger partial charge is 0.465 e.